The largest absolute Gasteiger partial charge is 0.356 e. The number of aliphatic imine (C=N–C) groups is 1. The van der Waals surface area contributed by atoms with Crippen LogP contribution in [0.4, 0.5) is 4.39 Å². The van der Waals surface area contributed by atoms with E-state index < -0.39 is 0 Å². The Kier molecular flexibility index (Phi) is 7.88. The van der Waals surface area contributed by atoms with Crippen LogP contribution >= 0.6 is 0 Å². The lowest BCUT2D eigenvalue weighted by Gasteiger charge is -2.13. The van der Waals surface area contributed by atoms with Gasteiger partial charge in [0.15, 0.2) is 5.96 Å². The first-order chi connectivity index (χ1) is 12.2. The van der Waals surface area contributed by atoms with Crippen LogP contribution in [0.5, 0.6) is 0 Å². The third-order valence-electron chi connectivity index (χ3n) is 3.77. The summed E-state index contributed by atoms with van der Waals surface area (Å²) in [4.78, 5) is 4.54. The Hall–Kier alpha value is -2.44. The van der Waals surface area contributed by atoms with Gasteiger partial charge in [-0.2, -0.15) is 0 Å². The summed E-state index contributed by atoms with van der Waals surface area (Å²) < 4.78 is 15.0. The molecule has 0 radical (unpaired) electrons. The molecule has 0 unspecified atom stereocenters. The normalized spacial score (nSPS) is 11.6. The van der Waals surface area contributed by atoms with Gasteiger partial charge < -0.3 is 15.2 Å². The molecule has 0 aliphatic heterocycles. The Morgan fingerprint density at radius 1 is 1.16 bits per heavy atom. The number of rotatable bonds is 9. The molecule has 0 bridgehead atoms. The minimum absolute atomic E-state index is 0.205. The minimum Gasteiger partial charge on any atom is -0.356 e. The highest BCUT2D eigenvalue weighted by Crippen LogP contribution is 2.02. The summed E-state index contributed by atoms with van der Waals surface area (Å²) in [7, 11) is 0. The number of nitrogens with one attached hydrogen (secondary N) is 2. The Balaban J connectivity index is 1.78. The molecular weight excluding hydrogens is 319 g/mol. The Morgan fingerprint density at radius 2 is 1.92 bits per heavy atom. The Bertz CT molecular complexity index is 650. The number of guanidine groups is 1. The summed E-state index contributed by atoms with van der Waals surface area (Å²) in [5.41, 5.74) is 1.10. The molecule has 1 aromatic heterocycles. The van der Waals surface area contributed by atoms with Crippen molar-refractivity contribution in [1.29, 1.82) is 0 Å². The molecule has 6 nitrogen and oxygen atoms in total. The fourth-order valence-corrected chi connectivity index (χ4v) is 2.41. The van der Waals surface area contributed by atoms with Crippen molar-refractivity contribution in [2.75, 3.05) is 19.6 Å². The van der Waals surface area contributed by atoms with E-state index in [1.54, 1.807) is 6.33 Å². The average molecular weight is 346 g/mol. The maximum Gasteiger partial charge on any atom is 0.191 e. The summed E-state index contributed by atoms with van der Waals surface area (Å²) >= 11 is 0. The van der Waals surface area contributed by atoms with E-state index in [9.17, 15) is 4.39 Å². The topological polar surface area (TPSA) is 67.1 Å². The molecule has 0 atom stereocenters. The molecule has 2 rings (SSSR count). The van der Waals surface area contributed by atoms with E-state index in [1.165, 1.54) is 12.1 Å². The van der Waals surface area contributed by atoms with E-state index in [0.29, 0.717) is 0 Å². The number of nitrogens with zero attached hydrogens (tertiary/aromatic N) is 4. The molecule has 2 aromatic rings. The standard InChI is InChI=1S/C18H27FN6/c1-3-10-20-18(21-11-9-15-5-7-16(19)8-6-15)22-12-13-25-14-23-24-17(25)4-2/h5-8,14H,3-4,9-13H2,1-2H3,(H2,20,21,22). The van der Waals surface area contributed by atoms with Crippen LogP contribution in [0.25, 0.3) is 0 Å². The SMILES string of the molecule is CCCN=C(NCCc1ccc(F)cc1)NCCn1cnnc1CC. The van der Waals surface area contributed by atoms with E-state index in [0.717, 1.165) is 62.8 Å². The Labute approximate surface area is 148 Å². The van der Waals surface area contributed by atoms with Gasteiger partial charge in [-0.1, -0.05) is 26.0 Å². The summed E-state index contributed by atoms with van der Waals surface area (Å²) in [6.07, 6.45) is 4.44. The number of benzene rings is 1. The van der Waals surface area contributed by atoms with Gasteiger partial charge >= 0.3 is 0 Å². The highest BCUT2D eigenvalue weighted by Gasteiger charge is 2.03. The second-order valence-corrected chi connectivity index (χ2v) is 5.75. The molecule has 0 aliphatic rings. The molecule has 0 amide bonds. The van der Waals surface area contributed by atoms with Gasteiger partial charge in [0.1, 0.15) is 18.0 Å². The molecule has 0 spiro atoms. The average Bonchev–Trinajstić information content (AvgIpc) is 3.08. The van der Waals surface area contributed by atoms with Crippen molar-refractivity contribution in [1.82, 2.24) is 25.4 Å². The van der Waals surface area contributed by atoms with Gasteiger partial charge in [0, 0.05) is 32.6 Å². The first-order valence-corrected chi connectivity index (χ1v) is 8.86. The second-order valence-electron chi connectivity index (χ2n) is 5.75. The van der Waals surface area contributed by atoms with E-state index >= 15 is 0 Å². The van der Waals surface area contributed by atoms with E-state index in [-0.39, 0.29) is 5.82 Å². The number of hydrogen-bond acceptors (Lipinski definition) is 3. The van der Waals surface area contributed by atoms with Crippen molar-refractivity contribution >= 4 is 5.96 Å². The zero-order chi connectivity index (χ0) is 17.9. The molecule has 7 heteroatoms. The quantitative estimate of drug-likeness (QED) is 0.539. The molecule has 25 heavy (non-hydrogen) atoms. The van der Waals surface area contributed by atoms with Gasteiger partial charge in [0.2, 0.25) is 0 Å². The van der Waals surface area contributed by atoms with Crippen LogP contribution < -0.4 is 10.6 Å². The number of aromatic nitrogens is 3. The van der Waals surface area contributed by atoms with Gasteiger partial charge in [-0.05, 0) is 30.5 Å². The molecular formula is C18H27FN6. The first kappa shape index (κ1) is 18.9. The van der Waals surface area contributed by atoms with Gasteiger partial charge in [0.25, 0.3) is 0 Å². The molecule has 136 valence electrons. The zero-order valence-corrected chi connectivity index (χ0v) is 15.0. The maximum atomic E-state index is 12.9. The highest BCUT2D eigenvalue weighted by molar-refractivity contribution is 5.79. The highest BCUT2D eigenvalue weighted by atomic mass is 19.1. The van der Waals surface area contributed by atoms with Crippen molar-refractivity contribution in [3.05, 3.63) is 47.8 Å². The van der Waals surface area contributed by atoms with Crippen molar-refractivity contribution < 1.29 is 4.39 Å². The zero-order valence-electron chi connectivity index (χ0n) is 15.0. The second kappa shape index (κ2) is 10.4. The molecule has 0 saturated heterocycles. The lowest BCUT2D eigenvalue weighted by molar-refractivity contribution is 0.626. The van der Waals surface area contributed by atoms with Gasteiger partial charge in [-0.25, -0.2) is 4.39 Å². The van der Waals surface area contributed by atoms with Crippen molar-refractivity contribution in [2.24, 2.45) is 4.99 Å². The predicted molar refractivity (Wildman–Crippen MR) is 98.1 cm³/mol. The lowest BCUT2D eigenvalue weighted by atomic mass is 10.1. The first-order valence-electron chi connectivity index (χ1n) is 8.86. The van der Waals surface area contributed by atoms with Crippen LogP contribution in [0, 0.1) is 5.82 Å². The molecule has 1 aromatic carbocycles. The molecule has 0 fully saturated rings. The van der Waals surface area contributed by atoms with E-state index in [4.69, 9.17) is 0 Å². The molecule has 2 N–H and O–H groups in total. The number of aryl methyl sites for hydroxylation is 1. The maximum absolute atomic E-state index is 12.9. The van der Waals surface area contributed by atoms with Crippen molar-refractivity contribution in [3.8, 4) is 0 Å². The molecule has 1 heterocycles. The smallest absolute Gasteiger partial charge is 0.191 e. The fraction of sp³-hybridized carbons (Fsp3) is 0.500. The van der Waals surface area contributed by atoms with E-state index in [1.807, 2.05) is 16.7 Å². The summed E-state index contributed by atoms with van der Waals surface area (Å²) in [5, 5.41) is 14.7. The summed E-state index contributed by atoms with van der Waals surface area (Å²) in [6, 6.07) is 6.60. The van der Waals surface area contributed by atoms with Crippen LogP contribution in [-0.2, 0) is 19.4 Å². The van der Waals surface area contributed by atoms with Gasteiger partial charge in [-0.3, -0.25) is 4.99 Å². The summed E-state index contributed by atoms with van der Waals surface area (Å²) in [6.45, 7) is 7.23. The van der Waals surface area contributed by atoms with Crippen LogP contribution in [0.15, 0.2) is 35.6 Å². The minimum atomic E-state index is -0.205. The van der Waals surface area contributed by atoms with E-state index in [2.05, 4.69) is 39.7 Å². The molecule has 0 aliphatic carbocycles. The van der Waals surface area contributed by atoms with Crippen LogP contribution in [0.2, 0.25) is 0 Å². The fourth-order valence-electron chi connectivity index (χ4n) is 2.41. The predicted octanol–water partition coefficient (Wildman–Crippen LogP) is 2.17. The van der Waals surface area contributed by atoms with Crippen molar-refractivity contribution in [3.63, 3.8) is 0 Å². The Morgan fingerprint density at radius 3 is 2.64 bits per heavy atom. The third-order valence-corrected chi connectivity index (χ3v) is 3.77. The van der Waals surface area contributed by atoms with Crippen LogP contribution in [0.1, 0.15) is 31.7 Å². The molecule has 0 saturated carbocycles. The monoisotopic (exact) mass is 346 g/mol. The van der Waals surface area contributed by atoms with Gasteiger partial charge in [0.05, 0.1) is 0 Å². The van der Waals surface area contributed by atoms with Gasteiger partial charge in [-0.15, -0.1) is 10.2 Å². The number of hydrogen-bond donors (Lipinski definition) is 2. The van der Waals surface area contributed by atoms with Crippen LogP contribution in [0.3, 0.4) is 0 Å². The lowest BCUT2D eigenvalue weighted by Crippen LogP contribution is -2.40. The number of halogens is 1. The third kappa shape index (κ3) is 6.52. The van der Waals surface area contributed by atoms with Crippen LogP contribution in [-0.4, -0.2) is 40.4 Å². The van der Waals surface area contributed by atoms with Crippen molar-refractivity contribution in [2.45, 2.75) is 39.7 Å². The summed E-state index contributed by atoms with van der Waals surface area (Å²) in [5.74, 6) is 1.58.